The summed E-state index contributed by atoms with van der Waals surface area (Å²) in [6.45, 7) is 0.0807. The number of amides is 2. The maximum Gasteiger partial charge on any atom is 0.344 e. The molecular weight excluding hydrogens is 558 g/mol. The third-order valence-corrected chi connectivity index (χ3v) is 5.82. The van der Waals surface area contributed by atoms with Crippen LogP contribution in [-0.4, -0.2) is 51.9 Å². The van der Waals surface area contributed by atoms with Crippen LogP contribution in [0.25, 0.3) is 0 Å². The van der Waals surface area contributed by atoms with Gasteiger partial charge in [0.15, 0.2) is 11.5 Å². The van der Waals surface area contributed by atoms with E-state index in [1.54, 1.807) is 48.5 Å². The van der Waals surface area contributed by atoms with E-state index in [9.17, 15) is 14.4 Å². The van der Waals surface area contributed by atoms with Crippen LogP contribution >= 0.6 is 15.9 Å². The molecule has 3 aromatic rings. The first-order valence-electron chi connectivity index (χ1n) is 11.3. The van der Waals surface area contributed by atoms with E-state index in [-0.39, 0.29) is 18.5 Å². The van der Waals surface area contributed by atoms with E-state index in [2.05, 4.69) is 31.8 Å². The third kappa shape index (κ3) is 7.56. The summed E-state index contributed by atoms with van der Waals surface area (Å²) in [6.07, 6.45) is 1.42. The third-order valence-electron chi connectivity index (χ3n) is 5.13. The molecule has 0 fully saturated rings. The van der Waals surface area contributed by atoms with E-state index in [1.165, 1.54) is 39.7 Å². The van der Waals surface area contributed by atoms with Crippen molar-refractivity contribution in [1.29, 1.82) is 0 Å². The predicted octanol–water partition coefficient (Wildman–Crippen LogP) is 3.96. The number of carbonyl (C=O) groups is 3. The Morgan fingerprint density at radius 2 is 1.63 bits per heavy atom. The Kier molecular flexibility index (Phi) is 10.2. The molecule has 0 saturated heterocycles. The minimum absolute atomic E-state index is 0.00287. The molecule has 0 atom stereocenters. The fourth-order valence-electron chi connectivity index (χ4n) is 3.29. The zero-order valence-electron chi connectivity index (χ0n) is 20.9. The van der Waals surface area contributed by atoms with Crippen molar-refractivity contribution < 1.29 is 33.3 Å². The SMILES string of the molecule is COc1cc(C(=O)NCCC(=O)NN=Cc2cccc(OC(=O)c3ccccc3Br)c2)cc(OC)c1OC. The first-order valence-corrected chi connectivity index (χ1v) is 12.1. The van der Waals surface area contributed by atoms with Crippen LogP contribution in [0.5, 0.6) is 23.0 Å². The van der Waals surface area contributed by atoms with Crippen LogP contribution in [-0.2, 0) is 4.79 Å². The Balaban J connectivity index is 1.49. The molecule has 0 heterocycles. The van der Waals surface area contributed by atoms with Crippen molar-refractivity contribution in [2.24, 2.45) is 5.10 Å². The van der Waals surface area contributed by atoms with Gasteiger partial charge in [-0.2, -0.15) is 5.10 Å². The van der Waals surface area contributed by atoms with Crippen molar-refractivity contribution in [1.82, 2.24) is 10.7 Å². The zero-order chi connectivity index (χ0) is 27.5. The van der Waals surface area contributed by atoms with Crippen molar-refractivity contribution in [3.8, 4) is 23.0 Å². The largest absolute Gasteiger partial charge is 0.493 e. The van der Waals surface area contributed by atoms with E-state index in [4.69, 9.17) is 18.9 Å². The van der Waals surface area contributed by atoms with Gasteiger partial charge in [0.25, 0.3) is 5.91 Å². The lowest BCUT2D eigenvalue weighted by Crippen LogP contribution is -2.29. The molecule has 0 spiro atoms. The molecule has 0 aliphatic heterocycles. The highest BCUT2D eigenvalue weighted by atomic mass is 79.9. The summed E-state index contributed by atoms with van der Waals surface area (Å²) >= 11 is 3.33. The van der Waals surface area contributed by atoms with Crippen molar-refractivity contribution in [2.75, 3.05) is 27.9 Å². The van der Waals surface area contributed by atoms with Crippen LogP contribution in [0.15, 0.2) is 70.2 Å². The number of nitrogens with zero attached hydrogens (tertiary/aromatic N) is 1. The Hall–Kier alpha value is -4.38. The number of hydrogen-bond donors (Lipinski definition) is 2. The van der Waals surface area contributed by atoms with Gasteiger partial charge in [-0.1, -0.05) is 24.3 Å². The number of rotatable bonds is 11. The Morgan fingerprint density at radius 3 is 2.29 bits per heavy atom. The van der Waals surface area contributed by atoms with Gasteiger partial charge in [-0.3, -0.25) is 9.59 Å². The zero-order valence-corrected chi connectivity index (χ0v) is 22.5. The molecule has 0 aliphatic carbocycles. The Morgan fingerprint density at radius 1 is 0.921 bits per heavy atom. The normalized spacial score (nSPS) is 10.5. The quantitative estimate of drug-likeness (QED) is 0.151. The van der Waals surface area contributed by atoms with Gasteiger partial charge < -0.3 is 24.3 Å². The average Bonchev–Trinajstić information content (AvgIpc) is 2.92. The summed E-state index contributed by atoms with van der Waals surface area (Å²) < 4.78 is 21.8. The van der Waals surface area contributed by atoms with Crippen LogP contribution in [0.2, 0.25) is 0 Å². The second kappa shape index (κ2) is 13.8. The molecule has 2 N–H and O–H groups in total. The van der Waals surface area contributed by atoms with Crippen LogP contribution < -0.4 is 29.7 Å². The molecule has 0 unspecified atom stereocenters. The maximum atomic E-state index is 12.5. The fraction of sp³-hybridized carbons (Fsp3) is 0.185. The van der Waals surface area contributed by atoms with E-state index in [0.717, 1.165) is 0 Å². The number of hydrazone groups is 1. The summed E-state index contributed by atoms with van der Waals surface area (Å²) in [7, 11) is 4.38. The summed E-state index contributed by atoms with van der Waals surface area (Å²) in [4.78, 5) is 37.0. The van der Waals surface area contributed by atoms with Gasteiger partial charge in [-0.25, -0.2) is 10.2 Å². The molecule has 38 heavy (non-hydrogen) atoms. The molecule has 3 rings (SSSR count). The predicted molar refractivity (Wildman–Crippen MR) is 144 cm³/mol. The van der Waals surface area contributed by atoms with Crippen molar-refractivity contribution in [2.45, 2.75) is 6.42 Å². The van der Waals surface area contributed by atoms with Crippen molar-refractivity contribution in [3.63, 3.8) is 0 Å². The molecule has 0 bridgehead atoms. The minimum Gasteiger partial charge on any atom is -0.493 e. The van der Waals surface area contributed by atoms with Gasteiger partial charge in [0.05, 0.1) is 33.1 Å². The molecule has 10 nitrogen and oxygen atoms in total. The lowest BCUT2D eigenvalue weighted by Gasteiger charge is -2.14. The van der Waals surface area contributed by atoms with E-state index in [1.807, 2.05) is 0 Å². The van der Waals surface area contributed by atoms with Gasteiger partial charge in [-0.15, -0.1) is 0 Å². The average molecular weight is 584 g/mol. The molecular formula is C27H26BrN3O7. The summed E-state index contributed by atoms with van der Waals surface area (Å²) in [5, 5.41) is 6.59. The highest BCUT2D eigenvalue weighted by molar-refractivity contribution is 9.10. The van der Waals surface area contributed by atoms with Gasteiger partial charge >= 0.3 is 5.97 Å². The first-order chi connectivity index (χ1) is 18.4. The topological polar surface area (TPSA) is 125 Å². The smallest absolute Gasteiger partial charge is 0.344 e. The first kappa shape index (κ1) is 28.2. The van der Waals surface area contributed by atoms with Gasteiger partial charge in [-0.05, 0) is 57.9 Å². The number of carbonyl (C=O) groups excluding carboxylic acids is 3. The molecule has 198 valence electrons. The summed E-state index contributed by atoms with van der Waals surface area (Å²) in [5.41, 5.74) is 3.70. The highest BCUT2D eigenvalue weighted by Crippen LogP contribution is 2.38. The van der Waals surface area contributed by atoms with Crippen molar-refractivity contribution in [3.05, 3.63) is 81.8 Å². The van der Waals surface area contributed by atoms with Gasteiger partial charge in [0, 0.05) is 23.0 Å². The molecule has 0 saturated carbocycles. The second-order valence-corrected chi connectivity index (χ2v) is 8.51. The van der Waals surface area contributed by atoms with Crippen molar-refractivity contribution >= 4 is 39.9 Å². The van der Waals surface area contributed by atoms with E-state index < -0.39 is 17.8 Å². The van der Waals surface area contributed by atoms with Gasteiger partial charge in [0.1, 0.15) is 5.75 Å². The Bertz CT molecular complexity index is 1320. The summed E-state index contributed by atoms with van der Waals surface area (Å²) in [6, 6.07) is 16.7. The number of benzene rings is 3. The standard InChI is InChI=1S/C27H26BrN3O7/c1-35-22-14-18(15-23(36-2)25(22)37-3)26(33)29-12-11-24(32)31-30-16-17-7-6-8-19(13-17)38-27(34)20-9-4-5-10-21(20)28/h4-10,13-16H,11-12H2,1-3H3,(H,29,33)(H,31,32). The number of hydrogen-bond acceptors (Lipinski definition) is 8. The Labute approximate surface area is 228 Å². The lowest BCUT2D eigenvalue weighted by atomic mass is 10.1. The monoisotopic (exact) mass is 583 g/mol. The number of nitrogens with one attached hydrogen (secondary N) is 2. The van der Waals surface area contributed by atoms with Crippen LogP contribution in [0, 0.1) is 0 Å². The van der Waals surface area contributed by atoms with E-state index in [0.29, 0.717) is 38.6 Å². The number of methoxy groups -OCH3 is 3. The fourth-order valence-corrected chi connectivity index (χ4v) is 3.73. The van der Waals surface area contributed by atoms with Crippen LogP contribution in [0.4, 0.5) is 0 Å². The second-order valence-electron chi connectivity index (χ2n) is 7.65. The van der Waals surface area contributed by atoms with Crippen LogP contribution in [0.1, 0.15) is 32.7 Å². The van der Waals surface area contributed by atoms with E-state index >= 15 is 0 Å². The van der Waals surface area contributed by atoms with Gasteiger partial charge in [0.2, 0.25) is 11.7 Å². The minimum atomic E-state index is -0.506. The maximum absolute atomic E-state index is 12.5. The van der Waals surface area contributed by atoms with Crippen LogP contribution in [0.3, 0.4) is 0 Å². The number of halogens is 1. The lowest BCUT2D eigenvalue weighted by molar-refractivity contribution is -0.120. The molecule has 0 radical (unpaired) electrons. The molecule has 0 aliphatic rings. The molecule has 3 aromatic carbocycles. The number of esters is 1. The molecule has 11 heteroatoms. The molecule has 2 amide bonds. The molecule has 0 aromatic heterocycles. The summed E-state index contributed by atoms with van der Waals surface area (Å²) in [5.74, 6) is 0.0739. The number of ether oxygens (including phenoxy) is 4. The highest BCUT2D eigenvalue weighted by Gasteiger charge is 2.17.